The topological polar surface area (TPSA) is 65.0 Å². The molecule has 0 unspecified atom stereocenters. The van der Waals surface area contributed by atoms with Crippen LogP contribution in [0.15, 0.2) is 160 Å². The summed E-state index contributed by atoms with van der Waals surface area (Å²) in [6.07, 6.45) is 0. The van der Waals surface area contributed by atoms with E-state index in [1.807, 2.05) is 78.9 Å². The molecule has 3 heterocycles. The molecule has 0 N–H and O–H groups in total. The largest absolute Gasteiger partial charge is 0.456 e. The quantitative estimate of drug-likeness (QED) is 0.197. The van der Waals surface area contributed by atoms with Gasteiger partial charge in [-0.2, -0.15) is 0 Å². The molecule has 0 aliphatic rings. The van der Waals surface area contributed by atoms with Crippen molar-refractivity contribution in [2.75, 3.05) is 0 Å². The molecule has 3 aromatic heterocycles. The third-order valence-corrected chi connectivity index (χ3v) is 9.14. The molecule has 5 nitrogen and oxygen atoms in total. The predicted molar refractivity (Wildman–Crippen MR) is 194 cm³/mol. The minimum absolute atomic E-state index is 0.581. The van der Waals surface area contributed by atoms with E-state index < -0.39 is 0 Å². The van der Waals surface area contributed by atoms with Gasteiger partial charge in [0, 0.05) is 38.2 Å². The van der Waals surface area contributed by atoms with Crippen molar-refractivity contribution in [3.63, 3.8) is 0 Å². The molecule has 7 aromatic carbocycles. The lowest BCUT2D eigenvalue weighted by atomic mass is 9.93. The summed E-state index contributed by atoms with van der Waals surface area (Å²) < 4.78 is 12.8. The summed E-state index contributed by atoms with van der Waals surface area (Å²) in [5.41, 5.74) is 8.07. The number of furan rings is 2. The van der Waals surface area contributed by atoms with E-state index >= 15 is 0 Å². The summed E-state index contributed by atoms with van der Waals surface area (Å²) in [7, 11) is 0. The fraction of sp³-hybridized carbons (Fsp3) is 0. The third-order valence-electron chi connectivity index (χ3n) is 9.14. The van der Waals surface area contributed by atoms with Gasteiger partial charge in [0.1, 0.15) is 22.3 Å². The predicted octanol–water partition coefficient (Wildman–Crippen LogP) is 11.5. The Balaban J connectivity index is 1.31. The highest BCUT2D eigenvalue weighted by Gasteiger charge is 2.23. The Hall–Kier alpha value is -6.59. The monoisotopic (exact) mass is 615 g/mol. The van der Waals surface area contributed by atoms with Crippen LogP contribution in [-0.4, -0.2) is 15.0 Å². The Kier molecular flexibility index (Phi) is 5.81. The van der Waals surface area contributed by atoms with Gasteiger partial charge in [-0.25, -0.2) is 15.0 Å². The molecular formula is C43H25N3O2. The summed E-state index contributed by atoms with van der Waals surface area (Å²) in [6, 6.07) is 51.5. The Morgan fingerprint density at radius 1 is 0.354 bits per heavy atom. The minimum Gasteiger partial charge on any atom is -0.456 e. The second-order valence-electron chi connectivity index (χ2n) is 12.0. The molecular weight excluding hydrogens is 590 g/mol. The van der Waals surface area contributed by atoms with E-state index in [4.69, 9.17) is 23.8 Å². The lowest BCUT2D eigenvalue weighted by Gasteiger charge is -2.13. The number of para-hydroxylation sites is 1. The summed E-state index contributed by atoms with van der Waals surface area (Å²) in [5.74, 6) is 1.80. The molecule has 224 valence electrons. The number of nitrogens with zero attached hydrogens (tertiary/aromatic N) is 3. The van der Waals surface area contributed by atoms with Gasteiger partial charge in [0.05, 0.1) is 0 Å². The molecule has 0 aliphatic heterocycles. The Labute approximate surface area is 274 Å². The maximum absolute atomic E-state index is 6.41. The van der Waals surface area contributed by atoms with Gasteiger partial charge in [-0.3, -0.25) is 0 Å². The first-order valence-electron chi connectivity index (χ1n) is 15.9. The van der Waals surface area contributed by atoms with E-state index in [1.165, 1.54) is 10.8 Å². The molecule has 48 heavy (non-hydrogen) atoms. The molecule has 0 saturated carbocycles. The molecule has 5 heteroatoms. The van der Waals surface area contributed by atoms with E-state index in [1.54, 1.807) is 0 Å². The van der Waals surface area contributed by atoms with Gasteiger partial charge in [0.25, 0.3) is 0 Å². The van der Waals surface area contributed by atoms with Crippen molar-refractivity contribution in [1.29, 1.82) is 0 Å². The van der Waals surface area contributed by atoms with E-state index in [-0.39, 0.29) is 0 Å². The lowest BCUT2D eigenvalue weighted by Crippen LogP contribution is -2.01. The summed E-state index contributed by atoms with van der Waals surface area (Å²) >= 11 is 0. The Morgan fingerprint density at radius 2 is 0.917 bits per heavy atom. The van der Waals surface area contributed by atoms with Crippen LogP contribution in [0.1, 0.15) is 0 Å². The van der Waals surface area contributed by atoms with Crippen molar-refractivity contribution in [2.45, 2.75) is 0 Å². The van der Waals surface area contributed by atoms with E-state index in [2.05, 4.69) is 72.8 Å². The summed E-state index contributed by atoms with van der Waals surface area (Å²) in [4.78, 5) is 15.3. The number of fused-ring (bicyclic) bond motifs is 8. The van der Waals surface area contributed by atoms with Gasteiger partial charge in [0.15, 0.2) is 17.5 Å². The van der Waals surface area contributed by atoms with Gasteiger partial charge in [-0.15, -0.1) is 0 Å². The zero-order valence-corrected chi connectivity index (χ0v) is 25.6. The molecule has 0 radical (unpaired) electrons. The van der Waals surface area contributed by atoms with Gasteiger partial charge >= 0.3 is 0 Å². The molecule has 10 aromatic rings. The van der Waals surface area contributed by atoms with Crippen LogP contribution in [0, 0.1) is 0 Å². The van der Waals surface area contributed by atoms with Crippen LogP contribution in [0.3, 0.4) is 0 Å². The zero-order chi connectivity index (χ0) is 31.6. The van der Waals surface area contributed by atoms with Crippen LogP contribution in [0.4, 0.5) is 0 Å². The zero-order valence-electron chi connectivity index (χ0n) is 25.6. The van der Waals surface area contributed by atoms with E-state index in [9.17, 15) is 0 Å². The van der Waals surface area contributed by atoms with E-state index in [0.717, 1.165) is 71.7 Å². The van der Waals surface area contributed by atoms with Gasteiger partial charge in [-0.05, 0) is 58.3 Å². The van der Waals surface area contributed by atoms with Crippen molar-refractivity contribution in [3.8, 4) is 45.3 Å². The van der Waals surface area contributed by atoms with Gasteiger partial charge < -0.3 is 8.83 Å². The van der Waals surface area contributed by atoms with Crippen LogP contribution < -0.4 is 0 Å². The average molecular weight is 616 g/mol. The minimum atomic E-state index is 0.581. The molecule has 0 spiro atoms. The van der Waals surface area contributed by atoms with Crippen molar-refractivity contribution >= 4 is 54.6 Å². The molecule has 0 bridgehead atoms. The number of aromatic nitrogens is 3. The first-order valence-corrected chi connectivity index (χ1v) is 15.9. The fourth-order valence-electron chi connectivity index (χ4n) is 6.92. The standard InChI is InChI=1S/C43H25N3O2/c1-3-12-27(13-4-1)41-44-42(28-14-5-2-6-15-28)46-43(45-41)40-31(21-24-37-39(40)32-17-9-10-18-34(32)47-37)29-20-22-35-33(25-29)38-30-16-8-7-11-26(30)19-23-36(38)48-35/h1-25H. The maximum atomic E-state index is 6.41. The highest BCUT2D eigenvalue weighted by atomic mass is 16.3. The van der Waals surface area contributed by atoms with Crippen molar-refractivity contribution < 1.29 is 8.83 Å². The third kappa shape index (κ3) is 4.15. The van der Waals surface area contributed by atoms with Crippen LogP contribution in [0.2, 0.25) is 0 Å². The summed E-state index contributed by atoms with van der Waals surface area (Å²) in [6.45, 7) is 0. The lowest BCUT2D eigenvalue weighted by molar-refractivity contribution is 0.668. The first-order chi connectivity index (χ1) is 23.8. The molecule has 0 atom stereocenters. The van der Waals surface area contributed by atoms with Crippen molar-refractivity contribution in [3.05, 3.63) is 152 Å². The van der Waals surface area contributed by atoms with Gasteiger partial charge in [0.2, 0.25) is 0 Å². The average Bonchev–Trinajstić information content (AvgIpc) is 3.73. The highest BCUT2D eigenvalue weighted by molar-refractivity contribution is 6.20. The second kappa shape index (κ2) is 10.5. The van der Waals surface area contributed by atoms with Crippen LogP contribution in [0.25, 0.3) is 99.9 Å². The van der Waals surface area contributed by atoms with E-state index in [0.29, 0.717) is 17.5 Å². The molecule has 0 fully saturated rings. The number of rotatable bonds is 4. The Bertz CT molecular complexity index is 2780. The smallest absolute Gasteiger partial charge is 0.165 e. The number of hydrogen-bond acceptors (Lipinski definition) is 5. The molecule has 0 amide bonds. The Morgan fingerprint density at radius 3 is 1.67 bits per heavy atom. The first kappa shape index (κ1) is 26.6. The van der Waals surface area contributed by atoms with Crippen LogP contribution >= 0.6 is 0 Å². The highest BCUT2D eigenvalue weighted by Crippen LogP contribution is 2.44. The fourth-order valence-corrected chi connectivity index (χ4v) is 6.92. The van der Waals surface area contributed by atoms with Crippen LogP contribution in [0.5, 0.6) is 0 Å². The number of hydrogen-bond donors (Lipinski definition) is 0. The van der Waals surface area contributed by atoms with Crippen molar-refractivity contribution in [2.24, 2.45) is 0 Å². The summed E-state index contributed by atoms with van der Waals surface area (Å²) in [5, 5.41) is 6.49. The second-order valence-corrected chi connectivity index (χ2v) is 12.0. The van der Waals surface area contributed by atoms with Crippen molar-refractivity contribution in [1.82, 2.24) is 15.0 Å². The van der Waals surface area contributed by atoms with Gasteiger partial charge in [-0.1, -0.05) is 115 Å². The normalized spacial score (nSPS) is 11.8. The molecule has 10 rings (SSSR count). The van der Waals surface area contributed by atoms with Crippen LogP contribution in [-0.2, 0) is 0 Å². The molecule has 0 aliphatic carbocycles. The SMILES string of the molecule is c1ccc(-c2nc(-c3ccccc3)nc(-c3c(-c4ccc5oc6ccc7ccccc7c6c5c4)ccc4oc5ccccc5c34)n2)cc1. The molecule has 0 saturated heterocycles. The maximum Gasteiger partial charge on any atom is 0.165 e. The number of benzene rings is 7.